The van der Waals surface area contributed by atoms with Crippen LogP contribution < -0.4 is 10.2 Å². The third kappa shape index (κ3) is 5.98. The number of hydrogen-bond donors (Lipinski definition) is 1. The van der Waals surface area contributed by atoms with Crippen molar-refractivity contribution >= 4 is 11.6 Å². The smallest absolute Gasteiger partial charge is 0.237 e. The van der Waals surface area contributed by atoms with Gasteiger partial charge in [-0.05, 0) is 50.3 Å². The van der Waals surface area contributed by atoms with Crippen molar-refractivity contribution in [1.82, 2.24) is 15.1 Å². The van der Waals surface area contributed by atoms with E-state index in [2.05, 4.69) is 57.1 Å². The molecule has 2 aliphatic rings. The van der Waals surface area contributed by atoms with Crippen LogP contribution in [0, 0.1) is 25.2 Å². The summed E-state index contributed by atoms with van der Waals surface area (Å²) in [5.41, 5.74) is 2.64. The Bertz CT molecular complexity index is 686. The van der Waals surface area contributed by atoms with E-state index >= 15 is 0 Å². The van der Waals surface area contributed by atoms with Crippen molar-refractivity contribution in [2.45, 2.75) is 32.7 Å². The van der Waals surface area contributed by atoms with Gasteiger partial charge in [-0.3, -0.25) is 14.6 Å². The number of anilines is 1. The Morgan fingerprint density at radius 2 is 2.07 bits per heavy atom. The maximum atomic E-state index is 12.4. The summed E-state index contributed by atoms with van der Waals surface area (Å²) in [7, 11) is 0. The Morgan fingerprint density at radius 1 is 1.32 bits per heavy atom. The average Bonchev–Trinajstić information content (AvgIpc) is 3.53. The molecule has 1 heterocycles. The second-order valence-corrected chi connectivity index (χ2v) is 8.20. The molecule has 1 aliphatic carbocycles. The van der Waals surface area contributed by atoms with Gasteiger partial charge in [0.15, 0.2) is 0 Å². The molecule has 2 fully saturated rings. The standard InChI is InChI=1S/C23H34N4O/c1-4-10-24-23(28)20(3)27(18-21-8-9-21)16-13-25-11-14-26(15-12-25)22-7-5-6-19(2)17-22/h1,5-7,17,20-21H,8-16,18H2,2-3H3,(H,24,28)/t20-/m1/s1. The fourth-order valence-corrected chi connectivity index (χ4v) is 3.85. The van der Waals surface area contributed by atoms with E-state index in [0.29, 0.717) is 6.54 Å². The van der Waals surface area contributed by atoms with Gasteiger partial charge in [0.05, 0.1) is 12.6 Å². The van der Waals surface area contributed by atoms with E-state index in [1.165, 1.54) is 24.1 Å². The molecular formula is C23H34N4O. The van der Waals surface area contributed by atoms with E-state index < -0.39 is 0 Å². The molecule has 0 spiro atoms. The lowest BCUT2D eigenvalue weighted by molar-refractivity contribution is -0.125. The molecule has 3 rings (SSSR count). The van der Waals surface area contributed by atoms with Crippen LogP contribution >= 0.6 is 0 Å². The first-order valence-electron chi connectivity index (χ1n) is 10.6. The molecular weight excluding hydrogens is 348 g/mol. The predicted octanol–water partition coefficient (Wildman–Crippen LogP) is 1.97. The van der Waals surface area contributed by atoms with Crippen LogP contribution in [0.15, 0.2) is 24.3 Å². The van der Waals surface area contributed by atoms with Crippen LogP contribution in [0.1, 0.15) is 25.3 Å². The maximum absolute atomic E-state index is 12.4. The van der Waals surface area contributed by atoms with Crippen LogP contribution in [0.3, 0.4) is 0 Å². The number of piperazine rings is 1. The summed E-state index contributed by atoms with van der Waals surface area (Å²) in [6, 6.07) is 8.64. The average molecular weight is 383 g/mol. The molecule has 1 saturated heterocycles. The van der Waals surface area contributed by atoms with Gasteiger partial charge < -0.3 is 10.2 Å². The first-order valence-corrected chi connectivity index (χ1v) is 10.6. The normalized spacial score (nSPS) is 18.7. The molecule has 28 heavy (non-hydrogen) atoms. The summed E-state index contributed by atoms with van der Waals surface area (Å²) in [5, 5.41) is 2.84. The number of rotatable bonds is 9. The van der Waals surface area contributed by atoms with Crippen molar-refractivity contribution in [2.24, 2.45) is 5.92 Å². The van der Waals surface area contributed by atoms with Crippen LogP contribution in [0.2, 0.25) is 0 Å². The number of hydrogen-bond acceptors (Lipinski definition) is 4. The highest BCUT2D eigenvalue weighted by Crippen LogP contribution is 2.30. The number of amides is 1. The first kappa shape index (κ1) is 20.7. The van der Waals surface area contributed by atoms with E-state index in [1.54, 1.807) is 0 Å². The highest BCUT2D eigenvalue weighted by Gasteiger charge is 2.29. The third-order valence-electron chi connectivity index (χ3n) is 5.92. The molecule has 1 atom stereocenters. The van der Waals surface area contributed by atoms with E-state index in [-0.39, 0.29) is 11.9 Å². The molecule has 1 aromatic rings. The zero-order valence-electron chi connectivity index (χ0n) is 17.4. The van der Waals surface area contributed by atoms with E-state index in [4.69, 9.17) is 6.42 Å². The molecule has 1 saturated carbocycles. The zero-order valence-corrected chi connectivity index (χ0v) is 17.4. The monoisotopic (exact) mass is 382 g/mol. The lowest BCUT2D eigenvalue weighted by Crippen LogP contribution is -2.51. The first-order chi connectivity index (χ1) is 13.6. The van der Waals surface area contributed by atoms with Gasteiger partial charge in [0, 0.05) is 51.5 Å². The van der Waals surface area contributed by atoms with E-state index in [0.717, 1.165) is 51.7 Å². The molecule has 5 heteroatoms. The molecule has 0 radical (unpaired) electrons. The third-order valence-corrected chi connectivity index (χ3v) is 5.92. The lowest BCUT2D eigenvalue weighted by Gasteiger charge is -2.38. The summed E-state index contributed by atoms with van der Waals surface area (Å²) in [6.07, 6.45) is 7.86. The van der Waals surface area contributed by atoms with Crippen LogP contribution in [0.4, 0.5) is 5.69 Å². The SMILES string of the molecule is C#CCNC(=O)[C@@H](C)N(CCN1CCN(c2cccc(C)c2)CC1)CC1CC1. The van der Waals surface area contributed by atoms with Gasteiger partial charge in [-0.2, -0.15) is 0 Å². The van der Waals surface area contributed by atoms with Crippen LogP contribution in [0.5, 0.6) is 0 Å². The molecule has 1 amide bonds. The van der Waals surface area contributed by atoms with Crippen molar-refractivity contribution in [2.75, 3.05) is 57.3 Å². The van der Waals surface area contributed by atoms with E-state index in [1.807, 2.05) is 6.92 Å². The minimum Gasteiger partial charge on any atom is -0.369 e. The van der Waals surface area contributed by atoms with Gasteiger partial charge in [0.1, 0.15) is 0 Å². The highest BCUT2D eigenvalue weighted by atomic mass is 16.2. The molecule has 0 unspecified atom stereocenters. The zero-order chi connectivity index (χ0) is 19.9. The number of terminal acetylenes is 1. The minimum absolute atomic E-state index is 0.0443. The summed E-state index contributed by atoms with van der Waals surface area (Å²) in [4.78, 5) is 19.7. The van der Waals surface area contributed by atoms with Crippen LogP contribution in [0.25, 0.3) is 0 Å². The van der Waals surface area contributed by atoms with Crippen molar-refractivity contribution < 1.29 is 4.79 Å². The molecule has 0 bridgehead atoms. The Morgan fingerprint density at radius 3 is 2.71 bits per heavy atom. The molecule has 1 N–H and O–H groups in total. The molecule has 0 aromatic heterocycles. The van der Waals surface area contributed by atoms with Gasteiger partial charge in [-0.15, -0.1) is 6.42 Å². The van der Waals surface area contributed by atoms with Crippen molar-refractivity contribution in [3.63, 3.8) is 0 Å². The number of carbonyl (C=O) groups is 1. The van der Waals surface area contributed by atoms with Gasteiger partial charge in [-0.25, -0.2) is 0 Å². The Kier molecular flexibility index (Phi) is 7.36. The molecule has 152 valence electrons. The number of benzene rings is 1. The maximum Gasteiger partial charge on any atom is 0.237 e. The lowest BCUT2D eigenvalue weighted by atomic mass is 10.2. The largest absolute Gasteiger partial charge is 0.369 e. The number of nitrogens with zero attached hydrogens (tertiary/aromatic N) is 3. The van der Waals surface area contributed by atoms with Gasteiger partial charge in [0.25, 0.3) is 0 Å². The fraction of sp³-hybridized carbons (Fsp3) is 0.609. The number of nitrogens with one attached hydrogen (secondary N) is 1. The molecule has 1 aliphatic heterocycles. The predicted molar refractivity (Wildman–Crippen MR) is 115 cm³/mol. The quantitative estimate of drug-likeness (QED) is 0.663. The summed E-state index contributed by atoms with van der Waals surface area (Å²) in [5.74, 6) is 3.30. The van der Waals surface area contributed by atoms with E-state index in [9.17, 15) is 4.79 Å². The van der Waals surface area contributed by atoms with Gasteiger partial charge in [0.2, 0.25) is 5.91 Å². The fourth-order valence-electron chi connectivity index (χ4n) is 3.85. The highest BCUT2D eigenvalue weighted by molar-refractivity contribution is 5.81. The summed E-state index contributed by atoms with van der Waals surface area (Å²) < 4.78 is 0. The molecule has 5 nitrogen and oxygen atoms in total. The van der Waals surface area contributed by atoms with Crippen LogP contribution in [-0.2, 0) is 4.79 Å². The van der Waals surface area contributed by atoms with Crippen LogP contribution in [-0.4, -0.2) is 74.1 Å². The number of aryl methyl sites for hydroxylation is 1. The van der Waals surface area contributed by atoms with Crippen molar-refractivity contribution in [3.8, 4) is 12.3 Å². The minimum atomic E-state index is -0.123. The topological polar surface area (TPSA) is 38.8 Å². The second kappa shape index (κ2) is 9.95. The summed E-state index contributed by atoms with van der Waals surface area (Å²) in [6.45, 7) is 11.7. The van der Waals surface area contributed by atoms with Crippen molar-refractivity contribution in [3.05, 3.63) is 29.8 Å². The number of carbonyl (C=O) groups excluding carboxylic acids is 1. The molecule has 1 aromatic carbocycles. The van der Waals surface area contributed by atoms with Gasteiger partial charge in [-0.1, -0.05) is 18.1 Å². The van der Waals surface area contributed by atoms with Gasteiger partial charge >= 0.3 is 0 Å². The Balaban J connectivity index is 1.47. The Hall–Kier alpha value is -2.03. The summed E-state index contributed by atoms with van der Waals surface area (Å²) >= 11 is 0. The van der Waals surface area contributed by atoms with Crippen molar-refractivity contribution in [1.29, 1.82) is 0 Å². The Labute approximate surface area is 170 Å². The second-order valence-electron chi connectivity index (χ2n) is 8.20.